The molecule has 0 aliphatic heterocycles. The van der Waals surface area contributed by atoms with E-state index >= 15 is 0 Å². The van der Waals surface area contributed by atoms with Crippen LogP contribution in [0.5, 0.6) is 0 Å². The molecular formula is C37H22O3. The monoisotopic (exact) mass is 514 g/mol. The van der Waals surface area contributed by atoms with E-state index in [2.05, 4.69) is 72.8 Å². The molecule has 0 unspecified atom stereocenters. The quantitative estimate of drug-likeness (QED) is 0.220. The van der Waals surface area contributed by atoms with Crippen molar-refractivity contribution in [2.24, 2.45) is 0 Å². The fourth-order valence-electron chi connectivity index (χ4n) is 5.70. The van der Waals surface area contributed by atoms with Gasteiger partial charge >= 0.3 is 0 Å². The SMILES string of the molecule is O=c1c2ccccc2oc2ccc(-c3cccc(-c4cccc(-c5cccc6c5oc5ccccc56)c4)c3)cc12. The Bertz CT molecular complexity index is 2300. The zero-order chi connectivity index (χ0) is 26.6. The lowest BCUT2D eigenvalue weighted by atomic mass is 9.95. The molecule has 2 aromatic heterocycles. The van der Waals surface area contributed by atoms with Gasteiger partial charge in [0.1, 0.15) is 22.3 Å². The summed E-state index contributed by atoms with van der Waals surface area (Å²) in [5.41, 5.74) is 9.37. The molecule has 0 aliphatic rings. The van der Waals surface area contributed by atoms with Crippen LogP contribution in [0.4, 0.5) is 0 Å². The number of benzene rings is 6. The van der Waals surface area contributed by atoms with E-state index in [4.69, 9.17) is 8.83 Å². The number of rotatable bonds is 3. The van der Waals surface area contributed by atoms with Crippen molar-refractivity contribution in [3.63, 3.8) is 0 Å². The van der Waals surface area contributed by atoms with Gasteiger partial charge in [-0.2, -0.15) is 0 Å². The molecule has 0 amide bonds. The molecule has 3 nitrogen and oxygen atoms in total. The van der Waals surface area contributed by atoms with Crippen LogP contribution in [0.15, 0.2) is 147 Å². The summed E-state index contributed by atoms with van der Waals surface area (Å²) in [6, 6.07) is 44.7. The predicted molar refractivity (Wildman–Crippen MR) is 164 cm³/mol. The third kappa shape index (κ3) is 3.56. The lowest BCUT2D eigenvalue weighted by Gasteiger charge is -2.10. The summed E-state index contributed by atoms with van der Waals surface area (Å²) >= 11 is 0. The van der Waals surface area contributed by atoms with Gasteiger partial charge in [0.2, 0.25) is 5.43 Å². The van der Waals surface area contributed by atoms with Crippen molar-refractivity contribution in [2.45, 2.75) is 0 Å². The Morgan fingerprint density at radius 1 is 0.375 bits per heavy atom. The van der Waals surface area contributed by atoms with E-state index in [0.29, 0.717) is 21.9 Å². The first-order valence-corrected chi connectivity index (χ1v) is 13.3. The Kier molecular flexibility index (Phi) is 4.98. The van der Waals surface area contributed by atoms with Crippen LogP contribution in [0.1, 0.15) is 0 Å². The van der Waals surface area contributed by atoms with Crippen molar-refractivity contribution in [2.75, 3.05) is 0 Å². The number of para-hydroxylation sites is 3. The summed E-state index contributed by atoms with van der Waals surface area (Å²) in [4.78, 5) is 13.2. The van der Waals surface area contributed by atoms with Crippen molar-refractivity contribution >= 4 is 43.9 Å². The van der Waals surface area contributed by atoms with Crippen LogP contribution < -0.4 is 5.43 Å². The van der Waals surface area contributed by atoms with Crippen LogP contribution in [-0.4, -0.2) is 0 Å². The Hall–Kier alpha value is -5.41. The lowest BCUT2D eigenvalue weighted by Crippen LogP contribution is -2.01. The summed E-state index contributed by atoms with van der Waals surface area (Å²) < 4.78 is 12.3. The van der Waals surface area contributed by atoms with Gasteiger partial charge in [-0.1, -0.05) is 91.0 Å². The highest BCUT2D eigenvalue weighted by molar-refractivity contribution is 6.09. The fourth-order valence-corrected chi connectivity index (χ4v) is 5.70. The maximum absolute atomic E-state index is 13.2. The molecule has 0 spiro atoms. The summed E-state index contributed by atoms with van der Waals surface area (Å²) in [5, 5.41) is 3.43. The van der Waals surface area contributed by atoms with Crippen molar-refractivity contribution in [1.82, 2.24) is 0 Å². The smallest absolute Gasteiger partial charge is 0.200 e. The predicted octanol–water partition coefficient (Wildman–Crippen LogP) is 9.85. The van der Waals surface area contributed by atoms with E-state index < -0.39 is 0 Å². The number of hydrogen-bond acceptors (Lipinski definition) is 3. The van der Waals surface area contributed by atoms with Gasteiger partial charge in [-0.15, -0.1) is 0 Å². The zero-order valence-electron chi connectivity index (χ0n) is 21.4. The second-order valence-electron chi connectivity index (χ2n) is 10.1. The standard InChI is InChI=1S/C37H22O3/c38-36-31-13-2-4-17-34(31)39-35-19-18-26(22-32(35)36)24-9-5-8-23(20-24)25-10-6-11-27(21-25)28-14-7-15-30-29-12-1-3-16-33(29)40-37(28)30/h1-22H. The average molecular weight is 515 g/mol. The molecule has 8 rings (SSSR count). The van der Waals surface area contributed by atoms with E-state index in [1.807, 2.05) is 60.7 Å². The first-order chi connectivity index (χ1) is 19.7. The highest BCUT2D eigenvalue weighted by atomic mass is 16.3. The summed E-state index contributed by atoms with van der Waals surface area (Å²) in [6.45, 7) is 0. The van der Waals surface area contributed by atoms with Crippen LogP contribution in [0.3, 0.4) is 0 Å². The minimum Gasteiger partial charge on any atom is -0.456 e. The Morgan fingerprint density at radius 3 is 1.70 bits per heavy atom. The normalized spacial score (nSPS) is 11.6. The minimum atomic E-state index is -0.0117. The molecule has 0 atom stereocenters. The molecule has 0 saturated carbocycles. The molecule has 3 heteroatoms. The largest absolute Gasteiger partial charge is 0.456 e. The van der Waals surface area contributed by atoms with E-state index in [9.17, 15) is 4.79 Å². The first kappa shape index (κ1) is 22.6. The van der Waals surface area contributed by atoms with E-state index in [1.54, 1.807) is 0 Å². The lowest BCUT2D eigenvalue weighted by molar-refractivity contribution is 0.660. The van der Waals surface area contributed by atoms with Crippen LogP contribution >= 0.6 is 0 Å². The molecule has 0 aliphatic carbocycles. The van der Waals surface area contributed by atoms with Gasteiger partial charge in [0.25, 0.3) is 0 Å². The van der Waals surface area contributed by atoms with Crippen LogP contribution in [0, 0.1) is 0 Å². The molecule has 6 aromatic carbocycles. The van der Waals surface area contributed by atoms with Gasteiger partial charge in [-0.3, -0.25) is 4.79 Å². The van der Waals surface area contributed by atoms with Gasteiger partial charge in [-0.05, 0) is 70.3 Å². The Balaban J connectivity index is 1.22. The van der Waals surface area contributed by atoms with Crippen LogP contribution in [-0.2, 0) is 0 Å². The minimum absolute atomic E-state index is 0.0117. The van der Waals surface area contributed by atoms with Crippen molar-refractivity contribution in [3.8, 4) is 33.4 Å². The highest BCUT2D eigenvalue weighted by Crippen LogP contribution is 2.37. The molecule has 0 N–H and O–H groups in total. The Labute approximate surface area is 229 Å². The molecule has 188 valence electrons. The number of fused-ring (bicyclic) bond motifs is 5. The summed E-state index contributed by atoms with van der Waals surface area (Å²) in [7, 11) is 0. The third-order valence-electron chi connectivity index (χ3n) is 7.68. The zero-order valence-corrected chi connectivity index (χ0v) is 21.4. The first-order valence-electron chi connectivity index (χ1n) is 13.3. The molecule has 8 aromatic rings. The summed E-state index contributed by atoms with van der Waals surface area (Å²) in [5.74, 6) is 0. The third-order valence-corrected chi connectivity index (χ3v) is 7.68. The van der Waals surface area contributed by atoms with E-state index in [1.165, 1.54) is 0 Å². The van der Waals surface area contributed by atoms with Gasteiger partial charge in [0.15, 0.2) is 0 Å². The van der Waals surface area contributed by atoms with Crippen molar-refractivity contribution < 1.29 is 8.83 Å². The number of furan rings is 1. The topological polar surface area (TPSA) is 43.4 Å². The van der Waals surface area contributed by atoms with Crippen LogP contribution in [0.2, 0.25) is 0 Å². The second-order valence-corrected chi connectivity index (χ2v) is 10.1. The van der Waals surface area contributed by atoms with Gasteiger partial charge in [0.05, 0.1) is 10.8 Å². The second kappa shape index (κ2) is 8.82. The molecule has 2 heterocycles. The Morgan fingerprint density at radius 2 is 0.925 bits per heavy atom. The molecule has 0 fully saturated rings. The molecule has 0 saturated heterocycles. The summed E-state index contributed by atoms with van der Waals surface area (Å²) in [6.07, 6.45) is 0. The average Bonchev–Trinajstić information content (AvgIpc) is 3.40. The van der Waals surface area contributed by atoms with Crippen molar-refractivity contribution in [3.05, 3.63) is 144 Å². The maximum atomic E-state index is 13.2. The number of hydrogen-bond donors (Lipinski definition) is 0. The molecular weight excluding hydrogens is 492 g/mol. The highest BCUT2D eigenvalue weighted by Gasteiger charge is 2.13. The molecule has 0 radical (unpaired) electrons. The van der Waals surface area contributed by atoms with Gasteiger partial charge < -0.3 is 8.83 Å². The van der Waals surface area contributed by atoms with Crippen molar-refractivity contribution in [1.29, 1.82) is 0 Å². The maximum Gasteiger partial charge on any atom is 0.200 e. The molecule has 40 heavy (non-hydrogen) atoms. The van der Waals surface area contributed by atoms with E-state index in [0.717, 1.165) is 55.3 Å². The fraction of sp³-hybridized carbons (Fsp3) is 0. The van der Waals surface area contributed by atoms with Crippen LogP contribution in [0.25, 0.3) is 77.3 Å². The van der Waals surface area contributed by atoms with Gasteiger partial charge in [-0.25, -0.2) is 0 Å². The van der Waals surface area contributed by atoms with E-state index in [-0.39, 0.29) is 5.43 Å². The molecule has 0 bridgehead atoms. The van der Waals surface area contributed by atoms with Gasteiger partial charge in [0, 0.05) is 16.3 Å².